The van der Waals surface area contributed by atoms with E-state index in [9.17, 15) is 9.59 Å². The minimum atomic E-state index is -0.148. The van der Waals surface area contributed by atoms with Crippen LogP contribution < -0.4 is 15.4 Å². The first-order valence-electron chi connectivity index (χ1n) is 11.4. The first-order chi connectivity index (χ1) is 16.2. The second kappa shape index (κ2) is 11.2. The lowest BCUT2D eigenvalue weighted by atomic mass is 10.2. The molecule has 2 amide bonds. The number of hydrogen-bond donors (Lipinski definition) is 2. The summed E-state index contributed by atoms with van der Waals surface area (Å²) in [6, 6.07) is 24.8. The van der Waals surface area contributed by atoms with Crippen molar-refractivity contribution in [1.82, 2.24) is 4.90 Å². The van der Waals surface area contributed by atoms with E-state index < -0.39 is 0 Å². The quantitative estimate of drug-likeness (QED) is 0.507. The first-order valence-corrected chi connectivity index (χ1v) is 11.4. The van der Waals surface area contributed by atoms with Gasteiger partial charge in [-0.25, -0.2) is 0 Å². The number of likely N-dealkylation sites (tertiary alicyclic amines) is 1. The highest BCUT2D eigenvalue weighted by atomic mass is 16.5. The molecular weight excluding hydrogens is 414 g/mol. The predicted octanol–water partition coefficient (Wildman–Crippen LogP) is 4.59. The maximum atomic E-state index is 12.4. The fraction of sp³-hybridized carbons (Fsp3) is 0.259. The molecule has 1 aliphatic heterocycles. The molecule has 170 valence electrons. The molecule has 6 heteroatoms. The summed E-state index contributed by atoms with van der Waals surface area (Å²) in [5, 5.41) is 5.96. The summed E-state index contributed by atoms with van der Waals surface area (Å²) >= 11 is 0. The van der Waals surface area contributed by atoms with Crippen LogP contribution in [-0.4, -0.2) is 43.0 Å². The van der Waals surface area contributed by atoms with Gasteiger partial charge < -0.3 is 20.3 Å². The third-order valence-electron chi connectivity index (χ3n) is 5.62. The van der Waals surface area contributed by atoms with E-state index in [2.05, 4.69) is 22.8 Å². The molecule has 0 atom stereocenters. The van der Waals surface area contributed by atoms with Crippen LogP contribution in [0.5, 0.6) is 5.75 Å². The lowest BCUT2D eigenvalue weighted by Gasteiger charge is -2.15. The van der Waals surface area contributed by atoms with Gasteiger partial charge in [0.15, 0.2) is 0 Å². The summed E-state index contributed by atoms with van der Waals surface area (Å²) in [6.07, 6.45) is 2.99. The Bertz CT molecular complexity index is 1040. The molecule has 6 nitrogen and oxygen atoms in total. The van der Waals surface area contributed by atoms with Crippen LogP contribution in [0.1, 0.15) is 28.8 Å². The van der Waals surface area contributed by atoms with E-state index in [1.807, 2.05) is 59.5 Å². The second-order valence-electron chi connectivity index (χ2n) is 8.09. The Morgan fingerprint density at radius 3 is 2.18 bits per heavy atom. The third kappa shape index (κ3) is 6.59. The van der Waals surface area contributed by atoms with Crippen molar-refractivity contribution in [2.24, 2.45) is 0 Å². The zero-order valence-corrected chi connectivity index (χ0v) is 18.6. The molecule has 4 rings (SSSR count). The van der Waals surface area contributed by atoms with Crippen molar-refractivity contribution >= 4 is 23.2 Å². The van der Waals surface area contributed by atoms with Crippen molar-refractivity contribution < 1.29 is 14.3 Å². The van der Waals surface area contributed by atoms with Crippen molar-refractivity contribution in [2.75, 3.05) is 36.9 Å². The highest BCUT2D eigenvalue weighted by molar-refractivity contribution is 5.95. The van der Waals surface area contributed by atoms with Gasteiger partial charge in [-0.05, 0) is 66.9 Å². The average molecular weight is 444 g/mol. The molecule has 0 spiro atoms. The number of amides is 2. The van der Waals surface area contributed by atoms with Gasteiger partial charge in [-0.1, -0.05) is 30.3 Å². The maximum absolute atomic E-state index is 12.4. The van der Waals surface area contributed by atoms with Gasteiger partial charge in [0.05, 0.1) is 13.2 Å². The Labute approximate surface area is 194 Å². The molecule has 0 aliphatic carbocycles. The van der Waals surface area contributed by atoms with E-state index in [0.717, 1.165) is 43.8 Å². The lowest BCUT2D eigenvalue weighted by Crippen LogP contribution is -2.27. The summed E-state index contributed by atoms with van der Waals surface area (Å²) in [5.74, 6) is 0.694. The summed E-state index contributed by atoms with van der Waals surface area (Å²) in [7, 11) is 0. The van der Waals surface area contributed by atoms with E-state index in [1.54, 1.807) is 12.1 Å². The molecule has 0 saturated carbocycles. The van der Waals surface area contributed by atoms with Crippen LogP contribution in [0.2, 0.25) is 0 Å². The third-order valence-corrected chi connectivity index (χ3v) is 5.62. The number of ether oxygens (including phenoxy) is 1. The number of nitrogens with zero attached hydrogens (tertiary/aromatic N) is 1. The average Bonchev–Trinajstić information content (AvgIpc) is 3.40. The van der Waals surface area contributed by atoms with Gasteiger partial charge >= 0.3 is 0 Å². The number of carbonyl (C=O) groups excluding carboxylic acids is 2. The van der Waals surface area contributed by atoms with Crippen molar-refractivity contribution in [2.45, 2.75) is 19.3 Å². The van der Waals surface area contributed by atoms with Gasteiger partial charge in [0.1, 0.15) is 5.75 Å². The van der Waals surface area contributed by atoms with Crippen molar-refractivity contribution in [3.63, 3.8) is 0 Å². The van der Waals surface area contributed by atoms with Crippen LogP contribution >= 0.6 is 0 Å². The molecule has 1 saturated heterocycles. The van der Waals surface area contributed by atoms with E-state index >= 15 is 0 Å². The fourth-order valence-electron chi connectivity index (χ4n) is 3.79. The van der Waals surface area contributed by atoms with E-state index in [0.29, 0.717) is 17.9 Å². The minimum absolute atomic E-state index is 0.0734. The highest BCUT2D eigenvalue weighted by Crippen LogP contribution is 2.17. The number of benzene rings is 3. The normalized spacial score (nSPS) is 12.9. The fourth-order valence-corrected chi connectivity index (χ4v) is 3.79. The Morgan fingerprint density at radius 1 is 0.818 bits per heavy atom. The molecule has 0 bridgehead atoms. The molecule has 2 N–H and O–H groups in total. The molecule has 0 unspecified atom stereocenters. The van der Waals surface area contributed by atoms with Crippen LogP contribution in [-0.2, 0) is 11.2 Å². The van der Waals surface area contributed by atoms with Gasteiger partial charge in [-0.2, -0.15) is 0 Å². The molecule has 1 aliphatic rings. The number of rotatable bonds is 9. The van der Waals surface area contributed by atoms with Gasteiger partial charge in [0, 0.05) is 36.4 Å². The number of anilines is 2. The molecule has 0 aromatic heterocycles. The Hall–Kier alpha value is -3.80. The molecule has 3 aromatic rings. The zero-order valence-electron chi connectivity index (χ0n) is 18.6. The van der Waals surface area contributed by atoms with Crippen LogP contribution in [0.4, 0.5) is 11.4 Å². The van der Waals surface area contributed by atoms with Gasteiger partial charge in [-0.15, -0.1) is 0 Å². The van der Waals surface area contributed by atoms with Crippen molar-refractivity contribution in [3.8, 4) is 5.75 Å². The largest absolute Gasteiger partial charge is 0.493 e. The Balaban J connectivity index is 1.19. The zero-order chi connectivity index (χ0) is 22.9. The summed E-state index contributed by atoms with van der Waals surface area (Å²) in [5.41, 5.74) is 3.42. The number of nitrogens with one attached hydrogen (secondary N) is 2. The van der Waals surface area contributed by atoms with E-state index in [4.69, 9.17) is 4.74 Å². The standard InChI is InChI=1S/C27H29N3O3/c31-26(20-28-23-10-8-22(9-11-23)27(32)30-17-4-5-18-30)29-24-12-14-25(15-13-24)33-19-16-21-6-2-1-3-7-21/h1-3,6-15,28H,4-5,16-20H2,(H,29,31). The monoisotopic (exact) mass is 443 g/mol. The predicted molar refractivity (Wildman–Crippen MR) is 131 cm³/mol. The highest BCUT2D eigenvalue weighted by Gasteiger charge is 2.19. The van der Waals surface area contributed by atoms with Gasteiger partial charge in [0.2, 0.25) is 5.91 Å². The Morgan fingerprint density at radius 2 is 1.48 bits per heavy atom. The lowest BCUT2D eigenvalue weighted by molar-refractivity contribution is -0.114. The molecule has 33 heavy (non-hydrogen) atoms. The molecule has 0 radical (unpaired) electrons. The molecule has 3 aromatic carbocycles. The van der Waals surface area contributed by atoms with Crippen molar-refractivity contribution in [1.29, 1.82) is 0 Å². The summed E-state index contributed by atoms with van der Waals surface area (Å²) in [6.45, 7) is 2.40. The molecule has 1 fully saturated rings. The molecular formula is C27H29N3O3. The van der Waals surface area contributed by atoms with Crippen LogP contribution in [0, 0.1) is 0 Å². The minimum Gasteiger partial charge on any atom is -0.493 e. The SMILES string of the molecule is O=C(CNc1ccc(C(=O)N2CCCC2)cc1)Nc1ccc(OCCc2ccccc2)cc1. The Kier molecular flexibility index (Phi) is 7.59. The second-order valence-corrected chi connectivity index (χ2v) is 8.09. The van der Waals surface area contributed by atoms with E-state index in [-0.39, 0.29) is 18.4 Å². The smallest absolute Gasteiger partial charge is 0.253 e. The summed E-state index contributed by atoms with van der Waals surface area (Å²) < 4.78 is 5.78. The first kappa shape index (κ1) is 22.4. The van der Waals surface area contributed by atoms with Crippen molar-refractivity contribution in [3.05, 3.63) is 90.0 Å². The molecule has 1 heterocycles. The van der Waals surface area contributed by atoms with Crippen LogP contribution in [0.3, 0.4) is 0 Å². The number of carbonyl (C=O) groups is 2. The topological polar surface area (TPSA) is 70.7 Å². The van der Waals surface area contributed by atoms with E-state index in [1.165, 1.54) is 5.56 Å². The number of hydrogen-bond acceptors (Lipinski definition) is 4. The summed E-state index contributed by atoms with van der Waals surface area (Å²) in [4.78, 5) is 26.6. The van der Waals surface area contributed by atoms with Gasteiger partial charge in [-0.3, -0.25) is 9.59 Å². The van der Waals surface area contributed by atoms with Crippen LogP contribution in [0.15, 0.2) is 78.9 Å². The van der Waals surface area contributed by atoms with Crippen LogP contribution in [0.25, 0.3) is 0 Å². The van der Waals surface area contributed by atoms with Gasteiger partial charge in [0.25, 0.3) is 5.91 Å². The maximum Gasteiger partial charge on any atom is 0.253 e.